The summed E-state index contributed by atoms with van der Waals surface area (Å²) in [6.07, 6.45) is 0.187. The van der Waals surface area contributed by atoms with Gasteiger partial charge in [-0.1, -0.05) is 34.1 Å². The van der Waals surface area contributed by atoms with Gasteiger partial charge in [-0.25, -0.2) is 4.39 Å². The van der Waals surface area contributed by atoms with Crippen LogP contribution in [0.1, 0.15) is 16.5 Å². The molecular weight excluding hydrogens is 349 g/mol. The van der Waals surface area contributed by atoms with Gasteiger partial charge in [-0.15, -0.1) is 11.6 Å². The molecule has 2 rings (SSSR count). The number of alkyl halides is 1. The molecule has 0 aliphatic carbocycles. The number of nitro benzene ring substituents is 1. The topological polar surface area (TPSA) is 43.1 Å². The smallest absolute Gasteiger partial charge is 0.258 e. The molecule has 0 aromatic heterocycles. The van der Waals surface area contributed by atoms with E-state index < -0.39 is 16.1 Å². The maximum Gasteiger partial charge on any atom is 0.272 e. The zero-order chi connectivity index (χ0) is 14.7. The second-order valence-electron chi connectivity index (χ2n) is 4.22. The maximum atomic E-state index is 13.7. The lowest BCUT2D eigenvalue weighted by molar-refractivity contribution is -0.385. The summed E-state index contributed by atoms with van der Waals surface area (Å²) in [4.78, 5) is 10.5. The lowest BCUT2D eigenvalue weighted by Crippen LogP contribution is -2.02. The van der Waals surface area contributed by atoms with Gasteiger partial charge in [0.1, 0.15) is 5.82 Å². The monoisotopic (exact) mass is 357 g/mol. The molecule has 0 spiro atoms. The minimum atomic E-state index is -0.673. The van der Waals surface area contributed by atoms with Crippen molar-refractivity contribution in [2.45, 2.75) is 11.8 Å². The zero-order valence-electron chi connectivity index (χ0n) is 10.2. The minimum Gasteiger partial charge on any atom is -0.258 e. The van der Waals surface area contributed by atoms with E-state index >= 15 is 0 Å². The SMILES string of the molecule is O=[N+]([O-])c1ccccc1CC(Cl)c1cc(Br)ccc1F. The van der Waals surface area contributed by atoms with Crippen LogP contribution in [-0.4, -0.2) is 4.92 Å². The normalized spacial score (nSPS) is 12.2. The number of halogens is 3. The van der Waals surface area contributed by atoms with Crippen molar-refractivity contribution >= 4 is 33.2 Å². The third kappa shape index (κ3) is 3.35. The van der Waals surface area contributed by atoms with Crippen LogP contribution in [0, 0.1) is 15.9 Å². The summed E-state index contributed by atoms with van der Waals surface area (Å²) in [7, 11) is 0. The van der Waals surface area contributed by atoms with Crippen molar-refractivity contribution in [3.63, 3.8) is 0 Å². The molecule has 1 unspecified atom stereocenters. The Morgan fingerprint density at radius 3 is 2.70 bits per heavy atom. The lowest BCUT2D eigenvalue weighted by atomic mass is 10.0. The summed E-state index contributed by atoms with van der Waals surface area (Å²) < 4.78 is 14.5. The first-order valence-electron chi connectivity index (χ1n) is 5.80. The fourth-order valence-electron chi connectivity index (χ4n) is 1.92. The van der Waals surface area contributed by atoms with Crippen LogP contribution in [-0.2, 0) is 6.42 Å². The predicted octanol–water partition coefficient (Wildman–Crippen LogP) is 5.02. The molecule has 2 aromatic carbocycles. The highest BCUT2D eigenvalue weighted by molar-refractivity contribution is 9.10. The summed E-state index contributed by atoms with van der Waals surface area (Å²) >= 11 is 9.47. The van der Waals surface area contributed by atoms with Gasteiger partial charge in [-0.3, -0.25) is 10.1 Å². The molecule has 3 nitrogen and oxygen atoms in total. The molecule has 0 aliphatic heterocycles. The fourth-order valence-corrected chi connectivity index (χ4v) is 2.63. The van der Waals surface area contributed by atoms with E-state index in [9.17, 15) is 14.5 Å². The Kier molecular flexibility index (Phi) is 4.73. The van der Waals surface area contributed by atoms with Crippen molar-refractivity contribution in [1.82, 2.24) is 0 Å². The number of benzene rings is 2. The standard InChI is InChI=1S/C14H10BrClFNO2/c15-10-5-6-13(17)11(8-10)12(16)7-9-3-1-2-4-14(9)18(19)20/h1-6,8,12H,7H2. The summed E-state index contributed by atoms with van der Waals surface area (Å²) in [6.45, 7) is 0. The lowest BCUT2D eigenvalue weighted by Gasteiger charge is -2.11. The number of nitro groups is 1. The van der Waals surface area contributed by atoms with Gasteiger partial charge >= 0.3 is 0 Å². The van der Waals surface area contributed by atoms with Gasteiger partial charge in [-0.05, 0) is 24.6 Å². The first-order valence-corrected chi connectivity index (χ1v) is 7.03. The van der Waals surface area contributed by atoms with Gasteiger partial charge in [0.25, 0.3) is 5.69 Å². The molecule has 6 heteroatoms. The molecule has 1 atom stereocenters. The van der Waals surface area contributed by atoms with Crippen molar-refractivity contribution in [3.8, 4) is 0 Å². The van der Waals surface area contributed by atoms with Crippen molar-refractivity contribution in [3.05, 3.63) is 74.0 Å². The molecular formula is C14H10BrClFNO2. The third-order valence-corrected chi connectivity index (χ3v) is 3.77. The Labute approximate surface area is 128 Å². The Morgan fingerprint density at radius 2 is 2.00 bits per heavy atom. The van der Waals surface area contributed by atoms with E-state index in [0.717, 1.165) is 0 Å². The maximum absolute atomic E-state index is 13.7. The summed E-state index contributed by atoms with van der Waals surface area (Å²) in [5.74, 6) is -0.424. The molecule has 0 saturated carbocycles. The van der Waals surface area contributed by atoms with E-state index in [4.69, 9.17) is 11.6 Å². The van der Waals surface area contributed by atoms with E-state index in [0.29, 0.717) is 15.6 Å². The molecule has 0 fully saturated rings. The van der Waals surface area contributed by atoms with Crippen LogP contribution in [0.2, 0.25) is 0 Å². The van der Waals surface area contributed by atoms with Gasteiger partial charge in [0.15, 0.2) is 0 Å². The van der Waals surface area contributed by atoms with E-state index in [1.807, 2.05) is 0 Å². The van der Waals surface area contributed by atoms with Crippen LogP contribution in [0.5, 0.6) is 0 Å². The second kappa shape index (κ2) is 6.33. The van der Waals surface area contributed by atoms with Crippen molar-refractivity contribution < 1.29 is 9.31 Å². The molecule has 104 valence electrons. The van der Waals surface area contributed by atoms with E-state index in [1.165, 1.54) is 12.1 Å². The molecule has 0 radical (unpaired) electrons. The summed E-state index contributed by atoms with van der Waals surface area (Å²) in [5.41, 5.74) is 0.796. The van der Waals surface area contributed by atoms with Gasteiger partial charge in [0, 0.05) is 21.7 Å². The third-order valence-electron chi connectivity index (χ3n) is 2.88. The first-order chi connectivity index (χ1) is 9.49. The van der Waals surface area contributed by atoms with Gasteiger partial charge in [-0.2, -0.15) is 0 Å². The van der Waals surface area contributed by atoms with Crippen LogP contribution < -0.4 is 0 Å². The Hall–Kier alpha value is -1.46. The average Bonchev–Trinajstić information content (AvgIpc) is 2.41. The van der Waals surface area contributed by atoms with Gasteiger partial charge in [0.2, 0.25) is 0 Å². The molecule has 0 heterocycles. The number of hydrogen-bond donors (Lipinski definition) is 0. The average molecular weight is 359 g/mol. The molecule has 0 amide bonds. The van der Waals surface area contributed by atoms with Crippen LogP contribution in [0.3, 0.4) is 0 Å². The molecule has 2 aromatic rings. The molecule has 0 saturated heterocycles. The highest BCUT2D eigenvalue weighted by Gasteiger charge is 2.19. The zero-order valence-corrected chi connectivity index (χ0v) is 12.6. The number of rotatable bonds is 4. The van der Waals surface area contributed by atoms with Crippen molar-refractivity contribution in [1.29, 1.82) is 0 Å². The van der Waals surface area contributed by atoms with Crippen molar-refractivity contribution in [2.24, 2.45) is 0 Å². The molecule has 0 bridgehead atoms. The Morgan fingerprint density at radius 1 is 1.30 bits per heavy atom. The highest BCUT2D eigenvalue weighted by Crippen LogP contribution is 2.32. The second-order valence-corrected chi connectivity index (χ2v) is 5.67. The van der Waals surface area contributed by atoms with Gasteiger partial charge in [0.05, 0.1) is 10.3 Å². The largest absolute Gasteiger partial charge is 0.272 e. The first kappa shape index (κ1) is 14.9. The number of nitrogens with zero attached hydrogens (tertiary/aromatic N) is 1. The number of para-hydroxylation sites is 1. The highest BCUT2D eigenvalue weighted by atomic mass is 79.9. The van der Waals surface area contributed by atoms with E-state index in [2.05, 4.69) is 15.9 Å². The summed E-state index contributed by atoms with van der Waals surface area (Å²) in [6, 6.07) is 10.8. The Bertz CT molecular complexity index is 651. The van der Waals surface area contributed by atoms with E-state index in [1.54, 1.807) is 30.3 Å². The van der Waals surface area contributed by atoms with Crippen molar-refractivity contribution in [2.75, 3.05) is 0 Å². The van der Waals surface area contributed by atoms with Crippen LogP contribution in [0.4, 0.5) is 10.1 Å². The minimum absolute atomic E-state index is 0.00597. The van der Waals surface area contributed by atoms with Gasteiger partial charge < -0.3 is 0 Å². The van der Waals surface area contributed by atoms with Crippen LogP contribution in [0.25, 0.3) is 0 Å². The predicted molar refractivity (Wildman–Crippen MR) is 79.5 cm³/mol. The molecule has 20 heavy (non-hydrogen) atoms. The molecule has 0 aliphatic rings. The van der Waals surface area contributed by atoms with Crippen LogP contribution >= 0.6 is 27.5 Å². The Balaban J connectivity index is 2.30. The van der Waals surface area contributed by atoms with E-state index in [-0.39, 0.29) is 12.1 Å². The van der Waals surface area contributed by atoms with Crippen LogP contribution in [0.15, 0.2) is 46.9 Å². The number of hydrogen-bond acceptors (Lipinski definition) is 2. The molecule has 0 N–H and O–H groups in total. The fraction of sp³-hybridized carbons (Fsp3) is 0.143. The quantitative estimate of drug-likeness (QED) is 0.437. The summed E-state index contributed by atoms with van der Waals surface area (Å²) in [5, 5.41) is 10.3.